The first-order chi connectivity index (χ1) is 26.8. The van der Waals surface area contributed by atoms with Crippen molar-refractivity contribution in [2.24, 2.45) is 0 Å². The van der Waals surface area contributed by atoms with E-state index in [1.807, 2.05) is 0 Å². The number of aliphatic carboxylic acids is 6. The minimum Gasteiger partial charge on any atom is -0.481 e. The standard InChI is InChI=1S/6C6H12O2.C3H6N6/c6*1-2-3-4-5-6(7)8;4-1-7-2(5)9-3(6)8-1/h6*2-5H2,1H3,(H,7,8);(H6,4,5,6,7,8,9). The predicted octanol–water partition coefficient (Wildman–Crippen LogP) is 8.53. The Bertz CT molecular complexity index is 906. The van der Waals surface area contributed by atoms with Crippen LogP contribution in [0.2, 0.25) is 0 Å². The van der Waals surface area contributed by atoms with Crippen LogP contribution in [0.25, 0.3) is 0 Å². The van der Waals surface area contributed by atoms with Gasteiger partial charge in [0.15, 0.2) is 0 Å². The highest BCUT2D eigenvalue weighted by Crippen LogP contribution is 2.01. The van der Waals surface area contributed by atoms with Gasteiger partial charge in [0.1, 0.15) is 0 Å². The van der Waals surface area contributed by atoms with Crippen LogP contribution < -0.4 is 17.2 Å². The first kappa shape index (κ1) is 64.1. The summed E-state index contributed by atoms with van der Waals surface area (Å²) in [5.74, 6) is -3.97. The molecule has 0 amide bonds. The average Bonchev–Trinajstić information content (AvgIpc) is 3.09. The lowest BCUT2D eigenvalue weighted by Gasteiger charge is -1.93. The van der Waals surface area contributed by atoms with Crippen molar-refractivity contribution in [2.75, 3.05) is 17.2 Å². The maximum atomic E-state index is 9.87. The molecule has 12 N–H and O–H groups in total. The lowest BCUT2D eigenvalue weighted by atomic mass is 10.2. The van der Waals surface area contributed by atoms with Crippen molar-refractivity contribution in [3.05, 3.63) is 0 Å². The van der Waals surface area contributed by atoms with E-state index in [9.17, 15) is 28.8 Å². The molecule has 0 aliphatic carbocycles. The molecule has 57 heavy (non-hydrogen) atoms. The number of carbonyl (C=O) groups is 6. The summed E-state index contributed by atoms with van der Waals surface area (Å²) in [6, 6.07) is 0. The van der Waals surface area contributed by atoms with Crippen LogP contribution >= 0.6 is 0 Å². The van der Waals surface area contributed by atoms with Crippen molar-refractivity contribution in [1.29, 1.82) is 0 Å². The Morgan fingerprint density at radius 2 is 0.439 bits per heavy atom. The Morgan fingerprint density at radius 1 is 0.316 bits per heavy atom. The van der Waals surface area contributed by atoms with E-state index in [0.717, 1.165) is 116 Å². The molecule has 18 heteroatoms. The van der Waals surface area contributed by atoms with Crippen LogP contribution in [-0.2, 0) is 28.8 Å². The van der Waals surface area contributed by atoms with E-state index < -0.39 is 35.8 Å². The maximum Gasteiger partial charge on any atom is 0.303 e. The highest BCUT2D eigenvalue weighted by molar-refractivity contribution is 5.68. The molecule has 0 aliphatic heterocycles. The summed E-state index contributed by atoms with van der Waals surface area (Å²) in [7, 11) is 0. The van der Waals surface area contributed by atoms with Gasteiger partial charge in [-0.15, -0.1) is 0 Å². The Balaban J connectivity index is -0.000000133. The topological polar surface area (TPSA) is 341 Å². The van der Waals surface area contributed by atoms with Crippen molar-refractivity contribution < 1.29 is 59.4 Å². The third-order valence-electron chi connectivity index (χ3n) is 6.65. The molecule has 1 rings (SSSR count). The zero-order valence-corrected chi connectivity index (χ0v) is 35.7. The molecule has 0 radical (unpaired) electrons. The normalized spacial score (nSPS) is 9.16. The molecular formula is C39H78N6O12. The Hall–Kier alpha value is -4.77. The SMILES string of the molecule is CCCCCC(=O)O.CCCCCC(=O)O.CCCCCC(=O)O.CCCCCC(=O)O.CCCCCC(=O)O.CCCCCC(=O)O.Nc1nc(N)nc(N)n1. The Morgan fingerprint density at radius 3 is 0.526 bits per heavy atom. The summed E-state index contributed by atoms with van der Waals surface area (Å²) in [4.78, 5) is 69.7. The molecule has 0 aromatic carbocycles. The molecule has 1 aromatic rings. The Kier molecular flexibility index (Phi) is 60.0. The second-order valence-corrected chi connectivity index (χ2v) is 12.5. The summed E-state index contributed by atoms with van der Waals surface area (Å²) in [5.41, 5.74) is 15.4. The fourth-order valence-electron chi connectivity index (χ4n) is 3.58. The third-order valence-corrected chi connectivity index (χ3v) is 6.65. The molecule has 1 heterocycles. The van der Waals surface area contributed by atoms with Crippen LogP contribution in [-0.4, -0.2) is 81.4 Å². The van der Waals surface area contributed by atoms with Crippen molar-refractivity contribution in [3.63, 3.8) is 0 Å². The van der Waals surface area contributed by atoms with E-state index in [2.05, 4.69) is 56.5 Å². The molecule has 0 aliphatic rings. The van der Waals surface area contributed by atoms with E-state index in [1.165, 1.54) is 0 Å². The number of nitrogens with two attached hydrogens (primary N) is 3. The molecule has 0 saturated carbocycles. The number of carboxylic acids is 6. The largest absolute Gasteiger partial charge is 0.481 e. The molecule has 18 nitrogen and oxygen atoms in total. The zero-order valence-electron chi connectivity index (χ0n) is 35.7. The van der Waals surface area contributed by atoms with Gasteiger partial charge in [0.05, 0.1) is 0 Å². The fourth-order valence-corrected chi connectivity index (χ4v) is 3.58. The van der Waals surface area contributed by atoms with Crippen LogP contribution in [0.5, 0.6) is 0 Å². The van der Waals surface area contributed by atoms with E-state index in [0.29, 0.717) is 38.5 Å². The minimum absolute atomic E-state index is 0.0417. The van der Waals surface area contributed by atoms with Gasteiger partial charge in [0, 0.05) is 38.5 Å². The smallest absolute Gasteiger partial charge is 0.303 e. The average molecular weight is 823 g/mol. The van der Waals surface area contributed by atoms with Crippen LogP contribution in [0, 0.1) is 0 Å². The quantitative estimate of drug-likeness (QED) is 0.0441. The number of nitrogens with zero attached hydrogens (tertiary/aromatic N) is 3. The number of nitrogen functional groups attached to an aromatic ring is 3. The monoisotopic (exact) mass is 823 g/mol. The Labute approximate surface area is 340 Å². The van der Waals surface area contributed by atoms with E-state index >= 15 is 0 Å². The first-order valence-electron chi connectivity index (χ1n) is 20.1. The summed E-state index contributed by atoms with van der Waals surface area (Å²) in [6.07, 6.45) is 19.7. The van der Waals surface area contributed by atoms with Crippen molar-refractivity contribution in [2.45, 2.75) is 196 Å². The van der Waals surface area contributed by atoms with Gasteiger partial charge < -0.3 is 47.8 Å². The first-order valence-corrected chi connectivity index (χ1v) is 20.1. The number of anilines is 3. The second-order valence-electron chi connectivity index (χ2n) is 12.5. The minimum atomic E-state index is -0.682. The summed E-state index contributed by atoms with van der Waals surface area (Å²) < 4.78 is 0. The lowest BCUT2D eigenvalue weighted by molar-refractivity contribution is -0.138. The van der Waals surface area contributed by atoms with Crippen LogP contribution in [0.4, 0.5) is 17.8 Å². The molecule has 0 unspecified atom stereocenters. The molecule has 0 fully saturated rings. The summed E-state index contributed by atoms with van der Waals surface area (Å²) in [6.45, 7) is 12.3. The fraction of sp³-hybridized carbons (Fsp3) is 0.769. The van der Waals surface area contributed by atoms with Crippen LogP contribution in [0.1, 0.15) is 196 Å². The molecule has 0 atom stereocenters. The summed E-state index contributed by atoms with van der Waals surface area (Å²) in [5, 5.41) is 48.8. The van der Waals surface area contributed by atoms with Gasteiger partial charge in [-0.25, -0.2) is 0 Å². The number of carboxylic acid groups (broad SMARTS) is 6. The highest BCUT2D eigenvalue weighted by Gasteiger charge is 1.97. The molecule has 336 valence electrons. The van der Waals surface area contributed by atoms with Crippen LogP contribution in [0.15, 0.2) is 0 Å². The molecule has 0 spiro atoms. The van der Waals surface area contributed by atoms with Gasteiger partial charge in [-0.1, -0.05) is 119 Å². The maximum absolute atomic E-state index is 9.87. The van der Waals surface area contributed by atoms with Crippen molar-refractivity contribution >= 4 is 53.7 Å². The van der Waals surface area contributed by atoms with Crippen molar-refractivity contribution in [3.8, 4) is 0 Å². The van der Waals surface area contributed by atoms with Gasteiger partial charge in [-0.2, -0.15) is 15.0 Å². The molecular weight excluding hydrogens is 744 g/mol. The van der Waals surface area contributed by atoms with Gasteiger partial charge in [-0.3, -0.25) is 28.8 Å². The number of unbranched alkanes of at least 4 members (excludes halogenated alkanes) is 12. The predicted molar refractivity (Wildman–Crippen MR) is 224 cm³/mol. The molecule has 0 bridgehead atoms. The van der Waals surface area contributed by atoms with Crippen molar-refractivity contribution in [1.82, 2.24) is 15.0 Å². The molecule has 1 aromatic heterocycles. The van der Waals surface area contributed by atoms with Crippen LogP contribution in [0.3, 0.4) is 0 Å². The summed E-state index contributed by atoms with van der Waals surface area (Å²) >= 11 is 0. The zero-order chi connectivity index (χ0) is 45.3. The van der Waals surface area contributed by atoms with E-state index in [4.69, 9.17) is 47.8 Å². The number of rotatable bonds is 24. The number of hydrogen-bond donors (Lipinski definition) is 9. The molecule has 0 saturated heterocycles. The van der Waals surface area contributed by atoms with Gasteiger partial charge in [0.25, 0.3) is 0 Å². The number of aromatic nitrogens is 3. The number of hydrogen-bond acceptors (Lipinski definition) is 12. The van der Waals surface area contributed by atoms with Gasteiger partial charge >= 0.3 is 35.8 Å². The lowest BCUT2D eigenvalue weighted by Crippen LogP contribution is -2.05. The van der Waals surface area contributed by atoms with Gasteiger partial charge in [-0.05, 0) is 38.5 Å². The van der Waals surface area contributed by atoms with Gasteiger partial charge in [0.2, 0.25) is 17.8 Å². The highest BCUT2D eigenvalue weighted by atomic mass is 16.4. The van der Waals surface area contributed by atoms with E-state index in [1.54, 1.807) is 0 Å². The third kappa shape index (κ3) is 89.6. The van der Waals surface area contributed by atoms with E-state index in [-0.39, 0.29) is 17.8 Å². The second kappa shape index (κ2) is 53.3.